The second kappa shape index (κ2) is 4.82. The van der Waals surface area contributed by atoms with Gasteiger partial charge in [0.15, 0.2) is 0 Å². The highest BCUT2D eigenvalue weighted by Gasteiger charge is 2.33. The van der Waals surface area contributed by atoms with Crippen LogP contribution in [0.1, 0.15) is 43.3 Å². The van der Waals surface area contributed by atoms with Crippen LogP contribution in [0.5, 0.6) is 0 Å². The van der Waals surface area contributed by atoms with Crippen molar-refractivity contribution in [2.24, 2.45) is 5.73 Å². The Balaban J connectivity index is 2.07. The first-order valence-corrected chi connectivity index (χ1v) is 6.78. The molecule has 4 heteroatoms. The summed E-state index contributed by atoms with van der Waals surface area (Å²) >= 11 is 1.71. The third kappa shape index (κ3) is 2.44. The van der Waals surface area contributed by atoms with Crippen molar-refractivity contribution in [3.63, 3.8) is 0 Å². The van der Waals surface area contributed by atoms with Gasteiger partial charge in [-0.25, -0.2) is 4.98 Å². The van der Waals surface area contributed by atoms with E-state index in [1.165, 1.54) is 12.8 Å². The Hall–Kier alpha value is -0.450. The van der Waals surface area contributed by atoms with Crippen molar-refractivity contribution in [3.05, 3.63) is 16.1 Å². The zero-order valence-electron chi connectivity index (χ0n) is 10.0. The molecule has 1 aliphatic carbocycles. The van der Waals surface area contributed by atoms with Crippen molar-refractivity contribution in [2.45, 2.75) is 50.7 Å². The van der Waals surface area contributed by atoms with Gasteiger partial charge >= 0.3 is 0 Å². The van der Waals surface area contributed by atoms with E-state index in [-0.39, 0.29) is 11.6 Å². The maximum absolute atomic E-state index is 6.37. The number of thiazole rings is 1. The molecule has 0 bridgehead atoms. The molecule has 3 nitrogen and oxygen atoms in total. The second-order valence-electron chi connectivity index (χ2n) is 4.74. The van der Waals surface area contributed by atoms with E-state index in [1.807, 2.05) is 0 Å². The maximum atomic E-state index is 6.37. The molecule has 1 heterocycles. The summed E-state index contributed by atoms with van der Waals surface area (Å²) in [5.41, 5.74) is 7.31. The minimum Gasteiger partial charge on any atom is -0.381 e. The fraction of sp³-hybridized carbons (Fsp3) is 0.750. The van der Waals surface area contributed by atoms with Gasteiger partial charge in [-0.2, -0.15) is 0 Å². The van der Waals surface area contributed by atoms with Crippen LogP contribution in [0, 0.1) is 0 Å². The summed E-state index contributed by atoms with van der Waals surface area (Å²) in [6.07, 6.45) is 5.75. The Bertz CT molecular complexity index is 345. The lowest BCUT2D eigenvalue weighted by atomic mass is 9.96. The van der Waals surface area contributed by atoms with Gasteiger partial charge in [0.2, 0.25) is 0 Å². The predicted octanol–water partition coefficient (Wildman–Crippen LogP) is 2.45. The third-order valence-corrected chi connectivity index (χ3v) is 4.29. The smallest absolute Gasteiger partial charge is 0.0954 e. The molecule has 0 spiro atoms. The normalized spacial score (nSPS) is 21.2. The molecule has 0 amide bonds. The fourth-order valence-electron chi connectivity index (χ4n) is 2.22. The molecule has 2 rings (SSSR count). The van der Waals surface area contributed by atoms with E-state index in [2.05, 4.69) is 17.3 Å². The number of nitrogens with two attached hydrogens (primary N) is 1. The Labute approximate surface area is 101 Å². The Morgan fingerprint density at radius 2 is 2.25 bits per heavy atom. The Kier molecular flexibility index (Phi) is 3.62. The maximum Gasteiger partial charge on any atom is 0.0954 e. The van der Waals surface area contributed by atoms with Crippen molar-refractivity contribution in [3.8, 4) is 0 Å². The molecule has 90 valence electrons. The highest BCUT2D eigenvalue weighted by molar-refractivity contribution is 7.09. The highest BCUT2D eigenvalue weighted by Crippen LogP contribution is 2.36. The lowest BCUT2D eigenvalue weighted by Gasteiger charge is -2.20. The number of ether oxygens (including phenoxy) is 1. The average molecular weight is 240 g/mol. The highest BCUT2D eigenvalue weighted by atomic mass is 32.1. The average Bonchev–Trinajstić information content (AvgIpc) is 2.88. The summed E-state index contributed by atoms with van der Waals surface area (Å²) in [6, 6.07) is 0. The number of nitrogens with zero attached hydrogens (tertiary/aromatic N) is 1. The van der Waals surface area contributed by atoms with Crippen LogP contribution in [0.3, 0.4) is 0 Å². The lowest BCUT2D eigenvalue weighted by Crippen LogP contribution is -2.33. The topological polar surface area (TPSA) is 48.1 Å². The number of aromatic nitrogens is 1. The van der Waals surface area contributed by atoms with Gasteiger partial charge in [-0.15, -0.1) is 11.3 Å². The number of rotatable bonds is 4. The Morgan fingerprint density at radius 3 is 2.88 bits per heavy atom. The lowest BCUT2D eigenvalue weighted by molar-refractivity contribution is 0.118. The van der Waals surface area contributed by atoms with Crippen molar-refractivity contribution in [1.82, 2.24) is 4.98 Å². The quantitative estimate of drug-likeness (QED) is 0.879. The van der Waals surface area contributed by atoms with Crippen molar-refractivity contribution < 1.29 is 4.74 Å². The first kappa shape index (κ1) is 12.0. The summed E-state index contributed by atoms with van der Waals surface area (Å²) in [6.45, 7) is 2.06. The molecule has 1 aromatic heterocycles. The van der Waals surface area contributed by atoms with Gasteiger partial charge in [-0.05, 0) is 19.8 Å². The zero-order chi connectivity index (χ0) is 11.6. The summed E-state index contributed by atoms with van der Waals surface area (Å²) in [5, 5.41) is 3.27. The van der Waals surface area contributed by atoms with E-state index in [0.29, 0.717) is 0 Å². The van der Waals surface area contributed by atoms with Gasteiger partial charge in [0.05, 0.1) is 22.3 Å². The summed E-state index contributed by atoms with van der Waals surface area (Å²) in [7, 11) is 1.74. The van der Waals surface area contributed by atoms with Crippen molar-refractivity contribution >= 4 is 11.3 Å². The Morgan fingerprint density at radius 1 is 1.56 bits per heavy atom. The summed E-state index contributed by atoms with van der Waals surface area (Å²) in [4.78, 5) is 4.67. The third-order valence-electron chi connectivity index (χ3n) is 3.42. The van der Waals surface area contributed by atoms with Gasteiger partial charge in [0.25, 0.3) is 0 Å². The first-order chi connectivity index (χ1) is 7.64. The number of hydrogen-bond donors (Lipinski definition) is 1. The van der Waals surface area contributed by atoms with Gasteiger partial charge in [-0.3, -0.25) is 0 Å². The molecule has 1 aromatic rings. The molecule has 0 saturated heterocycles. The second-order valence-corrected chi connectivity index (χ2v) is 5.68. The predicted molar refractivity (Wildman–Crippen MR) is 66.6 cm³/mol. The van der Waals surface area contributed by atoms with Crippen LogP contribution >= 0.6 is 11.3 Å². The number of methoxy groups -OCH3 is 1. The molecule has 0 radical (unpaired) electrons. The first-order valence-electron chi connectivity index (χ1n) is 5.90. The van der Waals surface area contributed by atoms with Crippen LogP contribution in [0.25, 0.3) is 0 Å². The molecule has 0 aromatic carbocycles. The summed E-state index contributed by atoms with van der Waals surface area (Å²) in [5.74, 6) is 0. The van der Waals surface area contributed by atoms with Gasteiger partial charge in [0, 0.05) is 18.9 Å². The molecular weight excluding hydrogens is 220 g/mol. The monoisotopic (exact) mass is 240 g/mol. The summed E-state index contributed by atoms with van der Waals surface area (Å²) < 4.78 is 5.25. The molecular formula is C12H20N2OS. The number of hydrogen-bond acceptors (Lipinski definition) is 4. The molecule has 1 unspecified atom stereocenters. The van der Waals surface area contributed by atoms with Crippen molar-refractivity contribution in [1.29, 1.82) is 0 Å². The van der Waals surface area contributed by atoms with Crippen LogP contribution in [0.4, 0.5) is 0 Å². The molecule has 1 atom stereocenters. The minimum atomic E-state index is -0.148. The van der Waals surface area contributed by atoms with Crippen LogP contribution in [-0.2, 0) is 16.7 Å². The largest absolute Gasteiger partial charge is 0.381 e. The van der Waals surface area contributed by atoms with Crippen molar-refractivity contribution in [2.75, 3.05) is 7.11 Å². The molecule has 1 aliphatic rings. The molecule has 2 N–H and O–H groups in total. The van der Waals surface area contributed by atoms with Crippen LogP contribution < -0.4 is 5.73 Å². The molecule has 0 aliphatic heterocycles. The standard InChI is InChI=1S/C12H20N2OS/c1-9(15-2)7-11-14-10(8-16-11)12(13)5-3-4-6-12/h8-9H,3-7,13H2,1-2H3. The van der Waals surface area contributed by atoms with Crippen LogP contribution in [-0.4, -0.2) is 18.2 Å². The SMILES string of the molecule is COC(C)Cc1nc(C2(N)CCCC2)cs1. The van der Waals surface area contributed by atoms with Gasteiger partial charge < -0.3 is 10.5 Å². The van der Waals surface area contributed by atoms with E-state index in [4.69, 9.17) is 10.5 Å². The fourth-order valence-corrected chi connectivity index (χ4v) is 3.24. The van der Waals surface area contributed by atoms with Gasteiger partial charge in [-0.1, -0.05) is 12.8 Å². The molecule has 1 fully saturated rings. The van der Waals surface area contributed by atoms with Crippen LogP contribution in [0.2, 0.25) is 0 Å². The zero-order valence-corrected chi connectivity index (χ0v) is 10.8. The van der Waals surface area contributed by atoms with E-state index in [1.54, 1.807) is 18.4 Å². The van der Waals surface area contributed by atoms with E-state index in [0.717, 1.165) is 30.0 Å². The van der Waals surface area contributed by atoms with Crippen LogP contribution in [0.15, 0.2) is 5.38 Å². The van der Waals surface area contributed by atoms with E-state index < -0.39 is 0 Å². The molecule has 16 heavy (non-hydrogen) atoms. The van der Waals surface area contributed by atoms with E-state index >= 15 is 0 Å². The van der Waals surface area contributed by atoms with E-state index in [9.17, 15) is 0 Å². The molecule has 1 saturated carbocycles. The van der Waals surface area contributed by atoms with Gasteiger partial charge in [0.1, 0.15) is 0 Å². The minimum absolute atomic E-state index is 0.148.